The highest BCUT2D eigenvalue weighted by Gasteiger charge is 1.94. The van der Waals surface area contributed by atoms with Gasteiger partial charge in [-0.15, -0.1) is 5.73 Å². The molecule has 0 unspecified atom stereocenters. The topological polar surface area (TPSA) is 9.23 Å². The number of hydrogen-bond acceptors (Lipinski definition) is 1. The second kappa shape index (κ2) is 3.80. The van der Waals surface area contributed by atoms with E-state index in [1.165, 1.54) is 0 Å². The van der Waals surface area contributed by atoms with Crippen molar-refractivity contribution in [3.05, 3.63) is 42.1 Å². The first kappa shape index (κ1) is 8.63. The van der Waals surface area contributed by atoms with Gasteiger partial charge in [0.2, 0.25) is 0 Å². The van der Waals surface area contributed by atoms with Crippen molar-refractivity contribution in [3.8, 4) is 5.75 Å². The zero-order chi connectivity index (χ0) is 8.97. The molecule has 0 spiro atoms. The first-order valence-corrected chi connectivity index (χ1v) is 3.79. The number of ether oxygens (including phenoxy) is 1. The molecule has 1 heteroatoms. The second-order valence-electron chi connectivity index (χ2n) is 2.53. The van der Waals surface area contributed by atoms with Crippen molar-refractivity contribution in [1.82, 2.24) is 0 Å². The Kier molecular flexibility index (Phi) is 2.73. The van der Waals surface area contributed by atoms with Crippen molar-refractivity contribution in [3.63, 3.8) is 0 Å². The van der Waals surface area contributed by atoms with Crippen molar-refractivity contribution in [2.45, 2.75) is 6.92 Å². The van der Waals surface area contributed by atoms with Gasteiger partial charge in [-0.1, -0.05) is 18.7 Å². The summed E-state index contributed by atoms with van der Waals surface area (Å²) >= 11 is 0. The van der Waals surface area contributed by atoms with E-state index < -0.39 is 0 Å². The van der Waals surface area contributed by atoms with E-state index in [9.17, 15) is 0 Å². The van der Waals surface area contributed by atoms with Gasteiger partial charge in [-0.3, -0.25) is 0 Å². The van der Waals surface area contributed by atoms with Gasteiger partial charge in [0.1, 0.15) is 5.75 Å². The lowest BCUT2D eigenvalue weighted by Gasteiger charge is -2.01. The van der Waals surface area contributed by atoms with Crippen LogP contribution in [-0.2, 0) is 0 Å². The Morgan fingerprint density at radius 2 is 1.92 bits per heavy atom. The molecule has 1 aromatic carbocycles. The predicted octanol–water partition coefficient (Wildman–Crippen LogP) is 2.88. The van der Waals surface area contributed by atoms with Crippen LogP contribution in [0.4, 0.5) is 0 Å². The summed E-state index contributed by atoms with van der Waals surface area (Å²) in [5.74, 6) is 0.871. The Hall–Kier alpha value is -1.46. The van der Waals surface area contributed by atoms with E-state index in [0.717, 1.165) is 16.9 Å². The lowest BCUT2D eigenvalue weighted by molar-refractivity contribution is 0.415. The summed E-state index contributed by atoms with van der Waals surface area (Å²) in [5.41, 5.74) is 5.03. The summed E-state index contributed by atoms with van der Waals surface area (Å²) in [4.78, 5) is 0. The van der Waals surface area contributed by atoms with E-state index in [0.29, 0.717) is 0 Å². The minimum absolute atomic E-state index is 0.871. The zero-order valence-corrected chi connectivity index (χ0v) is 7.42. The predicted molar refractivity (Wildman–Crippen MR) is 51.2 cm³/mol. The summed E-state index contributed by atoms with van der Waals surface area (Å²) in [6, 6.07) is 7.84. The fourth-order valence-corrected chi connectivity index (χ4v) is 0.943. The SMILES string of the molecule is C=C=C(C)c1ccc(OC)cc1. The molecule has 62 valence electrons. The van der Waals surface area contributed by atoms with Crippen LogP contribution in [0, 0.1) is 0 Å². The molecule has 0 aliphatic heterocycles. The van der Waals surface area contributed by atoms with E-state index in [-0.39, 0.29) is 0 Å². The zero-order valence-electron chi connectivity index (χ0n) is 7.42. The molecule has 0 bridgehead atoms. The van der Waals surface area contributed by atoms with Gasteiger partial charge in [0, 0.05) is 0 Å². The summed E-state index contributed by atoms with van der Waals surface area (Å²) in [6.07, 6.45) is 0. The maximum Gasteiger partial charge on any atom is 0.118 e. The van der Waals surface area contributed by atoms with Crippen molar-refractivity contribution < 1.29 is 4.74 Å². The highest BCUT2D eigenvalue weighted by Crippen LogP contribution is 2.16. The maximum atomic E-state index is 5.04. The molecule has 0 atom stereocenters. The monoisotopic (exact) mass is 160 g/mol. The third kappa shape index (κ3) is 1.77. The Morgan fingerprint density at radius 1 is 1.33 bits per heavy atom. The number of allylic oxidation sites excluding steroid dienone is 1. The molecular weight excluding hydrogens is 148 g/mol. The van der Waals surface area contributed by atoms with Crippen LogP contribution in [0.3, 0.4) is 0 Å². The molecule has 0 aliphatic rings. The van der Waals surface area contributed by atoms with E-state index in [2.05, 4.69) is 12.3 Å². The normalized spacial score (nSPS) is 8.83. The van der Waals surface area contributed by atoms with Gasteiger partial charge >= 0.3 is 0 Å². The van der Waals surface area contributed by atoms with Crippen LogP contribution in [0.1, 0.15) is 12.5 Å². The molecule has 0 fully saturated rings. The molecule has 1 nitrogen and oxygen atoms in total. The van der Waals surface area contributed by atoms with Gasteiger partial charge in [-0.05, 0) is 30.2 Å². The first-order chi connectivity index (χ1) is 5.77. The number of rotatable bonds is 2. The standard InChI is InChI=1S/C11H12O/c1-4-9(2)10-5-7-11(12-3)8-6-10/h5-8H,1H2,2-3H3. The Morgan fingerprint density at radius 3 is 2.33 bits per heavy atom. The van der Waals surface area contributed by atoms with E-state index in [4.69, 9.17) is 4.74 Å². The molecule has 0 radical (unpaired) electrons. The summed E-state index contributed by atoms with van der Waals surface area (Å²) in [5, 5.41) is 0. The highest BCUT2D eigenvalue weighted by molar-refractivity contribution is 5.63. The fraction of sp³-hybridized carbons (Fsp3) is 0.182. The Bertz CT molecular complexity index is 302. The van der Waals surface area contributed by atoms with Crippen LogP contribution < -0.4 is 4.74 Å². The third-order valence-corrected chi connectivity index (χ3v) is 1.79. The van der Waals surface area contributed by atoms with Crippen LogP contribution in [0.2, 0.25) is 0 Å². The van der Waals surface area contributed by atoms with Gasteiger partial charge < -0.3 is 4.74 Å². The molecule has 0 N–H and O–H groups in total. The molecule has 0 amide bonds. The number of benzene rings is 1. The van der Waals surface area contributed by atoms with Crippen molar-refractivity contribution in [2.75, 3.05) is 7.11 Å². The maximum absolute atomic E-state index is 5.04. The van der Waals surface area contributed by atoms with Crippen molar-refractivity contribution >= 4 is 5.57 Å². The van der Waals surface area contributed by atoms with Crippen LogP contribution in [0.25, 0.3) is 5.57 Å². The number of methoxy groups -OCH3 is 1. The van der Waals surface area contributed by atoms with Gasteiger partial charge in [-0.2, -0.15) is 0 Å². The number of hydrogen-bond donors (Lipinski definition) is 0. The van der Waals surface area contributed by atoms with Crippen molar-refractivity contribution in [1.29, 1.82) is 0 Å². The Labute approximate surface area is 73.0 Å². The van der Waals surface area contributed by atoms with Crippen LogP contribution >= 0.6 is 0 Å². The second-order valence-corrected chi connectivity index (χ2v) is 2.53. The van der Waals surface area contributed by atoms with Crippen LogP contribution in [0.5, 0.6) is 5.75 Å². The van der Waals surface area contributed by atoms with E-state index in [1.54, 1.807) is 7.11 Å². The summed E-state index contributed by atoms with van der Waals surface area (Å²) in [7, 11) is 1.66. The lowest BCUT2D eigenvalue weighted by Crippen LogP contribution is -1.82. The Balaban J connectivity index is 3.00. The average molecular weight is 160 g/mol. The minimum atomic E-state index is 0.871. The van der Waals surface area contributed by atoms with E-state index in [1.807, 2.05) is 31.2 Å². The third-order valence-electron chi connectivity index (χ3n) is 1.79. The quantitative estimate of drug-likeness (QED) is 0.604. The molecule has 1 aromatic rings. The molecule has 0 aliphatic carbocycles. The highest BCUT2D eigenvalue weighted by atomic mass is 16.5. The summed E-state index contributed by atoms with van der Waals surface area (Å²) in [6.45, 7) is 5.57. The molecule has 1 rings (SSSR count). The van der Waals surface area contributed by atoms with Gasteiger partial charge in [0.15, 0.2) is 0 Å². The lowest BCUT2D eigenvalue weighted by atomic mass is 10.1. The van der Waals surface area contributed by atoms with E-state index >= 15 is 0 Å². The average Bonchev–Trinajstić information content (AvgIpc) is 2.17. The van der Waals surface area contributed by atoms with Gasteiger partial charge in [0.05, 0.1) is 7.11 Å². The molecule has 0 aromatic heterocycles. The molecule has 0 saturated heterocycles. The molecule has 12 heavy (non-hydrogen) atoms. The van der Waals surface area contributed by atoms with Crippen LogP contribution in [-0.4, -0.2) is 7.11 Å². The molecule has 0 heterocycles. The summed E-state index contributed by atoms with van der Waals surface area (Å²) < 4.78 is 5.04. The molecular formula is C11H12O. The minimum Gasteiger partial charge on any atom is -0.497 e. The van der Waals surface area contributed by atoms with Crippen LogP contribution in [0.15, 0.2) is 36.6 Å². The largest absolute Gasteiger partial charge is 0.497 e. The fourth-order valence-electron chi connectivity index (χ4n) is 0.943. The van der Waals surface area contributed by atoms with Gasteiger partial charge in [-0.25, -0.2) is 0 Å². The van der Waals surface area contributed by atoms with Gasteiger partial charge in [0.25, 0.3) is 0 Å². The molecule has 0 saturated carbocycles. The smallest absolute Gasteiger partial charge is 0.118 e. The first-order valence-electron chi connectivity index (χ1n) is 3.79. The van der Waals surface area contributed by atoms with Crippen molar-refractivity contribution in [2.24, 2.45) is 0 Å².